The van der Waals surface area contributed by atoms with E-state index in [1.165, 1.54) is 16.4 Å². The normalized spacial score (nSPS) is 19.3. The average Bonchev–Trinajstić information content (AvgIpc) is 3.51. The lowest BCUT2D eigenvalue weighted by Gasteiger charge is -2.25. The Morgan fingerprint density at radius 3 is 2.64 bits per heavy atom. The highest BCUT2D eigenvalue weighted by Gasteiger charge is 2.28. The fourth-order valence-corrected chi connectivity index (χ4v) is 4.71. The van der Waals surface area contributed by atoms with Gasteiger partial charge in [-0.3, -0.25) is 10.1 Å². The van der Waals surface area contributed by atoms with E-state index in [0.29, 0.717) is 25.6 Å². The van der Waals surface area contributed by atoms with Gasteiger partial charge < -0.3 is 15.2 Å². The van der Waals surface area contributed by atoms with Gasteiger partial charge in [0.2, 0.25) is 10.0 Å². The van der Waals surface area contributed by atoms with Gasteiger partial charge >= 0.3 is 0 Å². The zero-order valence-corrected chi connectivity index (χ0v) is 16.6. The van der Waals surface area contributed by atoms with Crippen molar-refractivity contribution in [3.63, 3.8) is 0 Å². The quantitative estimate of drug-likeness (QED) is 0.444. The highest BCUT2D eigenvalue weighted by molar-refractivity contribution is 7.89. The third kappa shape index (κ3) is 5.40. The summed E-state index contributed by atoms with van der Waals surface area (Å²) in [5, 5.41) is 24.2. The summed E-state index contributed by atoms with van der Waals surface area (Å²) in [5.74, 6) is 0.593. The van der Waals surface area contributed by atoms with Crippen molar-refractivity contribution >= 4 is 21.4 Å². The summed E-state index contributed by atoms with van der Waals surface area (Å²) in [6, 6.07) is 3.84. The molecular formula is C18H27N3O6S. The fourth-order valence-electron chi connectivity index (χ4n) is 3.17. The number of rotatable bonds is 10. The van der Waals surface area contributed by atoms with Crippen LogP contribution in [0.3, 0.4) is 0 Å². The molecule has 28 heavy (non-hydrogen) atoms. The molecule has 2 aliphatic rings. The number of nitrogens with zero attached hydrogens (tertiary/aromatic N) is 2. The minimum atomic E-state index is -3.75. The van der Waals surface area contributed by atoms with Crippen LogP contribution in [0.1, 0.15) is 32.1 Å². The summed E-state index contributed by atoms with van der Waals surface area (Å²) in [5.41, 5.74) is -0.159. The molecule has 1 heterocycles. The van der Waals surface area contributed by atoms with Crippen LogP contribution in [0.25, 0.3) is 0 Å². The van der Waals surface area contributed by atoms with Crippen molar-refractivity contribution < 1.29 is 23.2 Å². The van der Waals surface area contributed by atoms with E-state index in [1.54, 1.807) is 0 Å². The van der Waals surface area contributed by atoms with Gasteiger partial charge in [-0.25, -0.2) is 8.42 Å². The molecule has 0 radical (unpaired) electrons. The number of nitrogens with one attached hydrogen (secondary N) is 1. The Balaban J connectivity index is 1.65. The first kappa shape index (κ1) is 21.0. The minimum Gasteiger partial charge on any atom is -0.389 e. The Kier molecular flexibility index (Phi) is 6.86. The third-order valence-electron chi connectivity index (χ3n) is 5.01. The molecule has 1 aliphatic carbocycles. The highest BCUT2D eigenvalue weighted by atomic mass is 32.2. The van der Waals surface area contributed by atoms with Gasteiger partial charge in [0.1, 0.15) is 5.69 Å². The zero-order chi connectivity index (χ0) is 20.1. The molecule has 1 aromatic rings. The van der Waals surface area contributed by atoms with Crippen LogP contribution < -0.4 is 5.32 Å². The number of ether oxygens (including phenoxy) is 1. The maximum absolute atomic E-state index is 12.7. The van der Waals surface area contributed by atoms with Gasteiger partial charge in [-0.15, -0.1) is 0 Å². The molecule has 0 aromatic heterocycles. The first-order valence-corrected chi connectivity index (χ1v) is 11.1. The predicted octanol–water partition coefficient (Wildman–Crippen LogP) is 1.97. The second kappa shape index (κ2) is 9.17. The van der Waals surface area contributed by atoms with Gasteiger partial charge in [-0.05, 0) is 43.7 Å². The van der Waals surface area contributed by atoms with Crippen LogP contribution in [-0.4, -0.2) is 61.7 Å². The number of hydrogen-bond donors (Lipinski definition) is 2. The molecule has 0 bridgehead atoms. The lowest BCUT2D eigenvalue weighted by Crippen LogP contribution is -2.35. The number of aliphatic hydroxyl groups is 1. The molecular weight excluding hydrogens is 386 g/mol. The SMILES string of the molecule is O=[N+]([O-])c1cc(S(=O)(=O)N2CCCCC2)ccc1NC[C@H](O)COCC1CC1. The van der Waals surface area contributed by atoms with Crippen molar-refractivity contribution in [2.75, 3.05) is 38.2 Å². The minimum absolute atomic E-state index is 0.0731. The molecule has 2 N–H and O–H groups in total. The van der Waals surface area contributed by atoms with E-state index in [2.05, 4.69) is 5.32 Å². The summed E-state index contributed by atoms with van der Waals surface area (Å²) in [7, 11) is -3.75. The van der Waals surface area contributed by atoms with Crippen molar-refractivity contribution in [2.24, 2.45) is 5.92 Å². The van der Waals surface area contributed by atoms with Crippen molar-refractivity contribution in [2.45, 2.75) is 43.1 Å². The van der Waals surface area contributed by atoms with E-state index in [9.17, 15) is 23.6 Å². The predicted molar refractivity (Wildman–Crippen MR) is 104 cm³/mol. The zero-order valence-electron chi connectivity index (χ0n) is 15.7. The van der Waals surface area contributed by atoms with Crippen molar-refractivity contribution in [1.29, 1.82) is 0 Å². The Morgan fingerprint density at radius 1 is 1.29 bits per heavy atom. The van der Waals surface area contributed by atoms with Gasteiger partial charge in [-0.1, -0.05) is 6.42 Å². The van der Waals surface area contributed by atoms with Gasteiger partial charge in [-0.2, -0.15) is 4.31 Å². The number of aliphatic hydroxyl groups excluding tert-OH is 1. The molecule has 1 aromatic carbocycles. The van der Waals surface area contributed by atoms with Gasteiger partial charge in [0.15, 0.2) is 0 Å². The lowest BCUT2D eigenvalue weighted by atomic mass is 10.2. The van der Waals surface area contributed by atoms with E-state index < -0.39 is 21.1 Å². The first-order chi connectivity index (χ1) is 13.4. The van der Waals surface area contributed by atoms with Crippen molar-refractivity contribution in [3.05, 3.63) is 28.3 Å². The van der Waals surface area contributed by atoms with Crippen molar-refractivity contribution in [1.82, 2.24) is 4.31 Å². The van der Waals surface area contributed by atoms with Gasteiger partial charge in [0.25, 0.3) is 5.69 Å². The summed E-state index contributed by atoms with van der Waals surface area (Å²) >= 11 is 0. The standard InChI is InChI=1S/C18H27N3O6S/c22-15(13-27-12-14-4-5-14)11-19-17-7-6-16(10-18(17)21(23)24)28(25,26)20-8-2-1-3-9-20/h6-7,10,14-15,19,22H,1-5,8-9,11-13H2/t15-/m0/s1. The number of nitro benzene ring substituents is 1. The Labute approximate surface area is 164 Å². The third-order valence-corrected chi connectivity index (χ3v) is 6.90. The second-order valence-corrected chi connectivity index (χ2v) is 9.35. The summed E-state index contributed by atoms with van der Waals surface area (Å²) in [6.07, 6.45) is 4.08. The first-order valence-electron chi connectivity index (χ1n) is 9.66. The fraction of sp³-hybridized carbons (Fsp3) is 0.667. The van der Waals surface area contributed by atoms with Crippen LogP contribution >= 0.6 is 0 Å². The summed E-state index contributed by atoms with van der Waals surface area (Å²) in [4.78, 5) is 10.7. The maximum atomic E-state index is 12.7. The molecule has 3 rings (SSSR count). The topological polar surface area (TPSA) is 122 Å². The Morgan fingerprint density at radius 2 is 2.00 bits per heavy atom. The molecule has 9 nitrogen and oxygen atoms in total. The summed E-state index contributed by atoms with van der Waals surface area (Å²) < 4.78 is 32.3. The molecule has 1 saturated carbocycles. The maximum Gasteiger partial charge on any atom is 0.293 e. The molecule has 10 heteroatoms. The summed E-state index contributed by atoms with van der Waals surface area (Å²) in [6.45, 7) is 1.72. The van der Waals surface area contributed by atoms with E-state index in [-0.39, 0.29) is 29.4 Å². The van der Waals surface area contributed by atoms with E-state index in [1.807, 2.05) is 0 Å². The van der Waals surface area contributed by atoms with Crippen LogP contribution in [0, 0.1) is 16.0 Å². The molecule has 0 amide bonds. The second-order valence-electron chi connectivity index (χ2n) is 7.42. The lowest BCUT2D eigenvalue weighted by molar-refractivity contribution is -0.384. The van der Waals surface area contributed by atoms with Crippen LogP contribution in [0.2, 0.25) is 0 Å². The Hall–Kier alpha value is -1.75. The van der Waals surface area contributed by atoms with Crippen LogP contribution in [0.5, 0.6) is 0 Å². The number of hydrogen-bond acceptors (Lipinski definition) is 7. The van der Waals surface area contributed by atoms with Crippen LogP contribution in [-0.2, 0) is 14.8 Å². The van der Waals surface area contributed by atoms with Crippen LogP contribution in [0.15, 0.2) is 23.1 Å². The molecule has 2 fully saturated rings. The monoisotopic (exact) mass is 413 g/mol. The molecule has 1 aliphatic heterocycles. The largest absolute Gasteiger partial charge is 0.389 e. The molecule has 0 spiro atoms. The van der Waals surface area contributed by atoms with Crippen LogP contribution in [0.4, 0.5) is 11.4 Å². The number of sulfonamides is 1. The van der Waals surface area contributed by atoms with E-state index >= 15 is 0 Å². The van der Waals surface area contributed by atoms with Crippen molar-refractivity contribution in [3.8, 4) is 0 Å². The number of benzene rings is 1. The van der Waals surface area contributed by atoms with E-state index in [0.717, 1.165) is 38.2 Å². The highest BCUT2D eigenvalue weighted by Crippen LogP contribution is 2.30. The number of piperidine rings is 1. The average molecular weight is 413 g/mol. The molecule has 1 atom stereocenters. The molecule has 1 saturated heterocycles. The number of anilines is 1. The molecule has 0 unspecified atom stereocenters. The number of nitro groups is 1. The Bertz CT molecular complexity index is 791. The smallest absolute Gasteiger partial charge is 0.293 e. The van der Waals surface area contributed by atoms with Gasteiger partial charge in [0.05, 0.1) is 22.5 Å². The van der Waals surface area contributed by atoms with E-state index in [4.69, 9.17) is 4.74 Å². The molecule has 156 valence electrons. The van der Waals surface area contributed by atoms with Gasteiger partial charge in [0, 0.05) is 32.3 Å².